The largest absolute Gasteiger partial charge is 0.272 e. The molecule has 1 aromatic carbocycles. The van der Waals surface area contributed by atoms with Gasteiger partial charge in [0.15, 0.2) is 0 Å². The summed E-state index contributed by atoms with van der Waals surface area (Å²) < 4.78 is 0. The van der Waals surface area contributed by atoms with Crippen LogP contribution in [0.2, 0.25) is 0 Å². The van der Waals surface area contributed by atoms with Gasteiger partial charge in [0.1, 0.15) is 0 Å². The SMILES string of the molecule is O=C1N(N2CCCCC2)c2ccccc2C1(Cc1ccncc1)Cc1ccncc1. The van der Waals surface area contributed by atoms with Crippen LogP contribution in [0.25, 0.3) is 0 Å². The number of aromatic nitrogens is 2. The minimum atomic E-state index is -0.642. The van der Waals surface area contributed by atoms with E-state index in [-0.39, 0.29) is 5.91 Å². The van der Waals surface area contributed by atoms with Gasteiger partial charge in [-0.15, -0.1) is 0 Å². The van der Waals surface area contributed by atoms with Crippen molar-refractivity contribution in [2.75, 3.05) is 18.1 Å². The zero-order valence-corrected chi connectivity index (χ0v) is 17.1. The Bertz CT molecular complexity index is 974. The second kappa shape index (κ2) is 8.00. The summed E-state index contributed by atoms with van der Waals surface area (Å²) in [6.45, 7) is 1.86. The number of hydrazine groups is 1. The van der Waals surface area contributed by atoms with E-state index in [1.54, 1.807) is 0 Å². The van der Waals surface area contributed by atoms with Gasteiger partial charge in [-0.05, 0) is 72.7 Å². The summed E-state index contributed by atoms with van der Waals surface area (Å²) in [5, 5.41) is 4.24. The predicted octanol–water partition coefficient (Wildman–Crippen LogP) is 3.95. The van der Waals surface area contributed by atoms with E-state index < -0.39 is 5.41 Å². The predicted molar refractivity (Wildman–Crippen MR) is 117 cm³/mol. The van der Waals surface area contributed by atoms with Crippen LogP contribution in [-0.2, 0) is 23.1 Å². The van der Waals surface area contributed by atoms with E-state index in [1.165, 1.54) is 6.42 Å². The van der Waals surface area contributed by atoms with Crippen LogP contribution in [0.3, 0.4) is 0 Å². The molecule has 30 heavy (non-hydrogen) atoms. The molecule has 3 aromatic rings. The smallest absolute Gasteiger partial charge is 0.252 e. The molecule has 0 radical (unpaired) electrons. The Morgan fingerprint density at radius 1 is 0.767 bits per heavy atom. The highest BCUT2D eigenvalue weighted by Crippen LogP contribution is 2.47. The number of anilines is 1. The van der Waals surface area contributed by atoms with Gasteiger partial charge in [0, 0.05) is 37.9 Å². The number of para-hydroxylation sites is 1. The van der Waals surface area contributed by atoms with Crippen LogP contribution in [0.4, 0.5) is 5.69 Å². The van der Waals surface area contributed by atoms with Crippen molar-refractivity contribution in [1.82, 2.24) is 15.0 Å². The van der Waals surface area contributed by atoms with E-state index in [0.717, 1.165) is 48.3 Å². The Kier molecular flexibility index (Phi) is 5.05. The molecule has 152 valence electrons. The summed E-state index contributed by atoms with van der Waals surface area (Å²) in [4.78, 5) is 22.6. The highest BCUT2D eigenvalue weighted by molar-refractivity contribution is 6.08. The molecule has 0 saturated carbocycles. The first-order valence-corrected chi connectivity index (χ1v) is 10.7. The van der Waals surface area contributed by atoms with Crippen molar-refractivity contribution < 1.29 is 4.79 Å². The molecule has 5 rings (SSSR count). The van der Waals surface area contributed by atoms with Crippen LogP contribution >= 0.6 is 0 Å². The molecule has 2 aliphatic rings. The normalized spacial score (nSPS) is 18.4. The number of carbonyl (C=O) groups excluding carboxylic acids is 1. The first kappa shape index (κ1) is 18.9. The molecule has 5 heteroatoms. The van der Waals surface area contributed by atoms with E-state index in [0.29, 0.717) is 12.8 Å². The number of rotatable bonds is 5. The number of nitrogens with zero attached hydrogens (tertiary/aromatic N) is 4. The molecule has 1 fully saturated rings. The van der Waals surface area contributed by atoms with E-state index in [1.807, 2.05) is 60.1 Å². The first-order valence-electron chi connectivity index (χ1n) is 10.7. The number of amides is 1. The van der Waals surface area contributed by atoms with E-state index in [2.05, 4.69) is 33.2 Å². The number of piperidine rings is 1. The third-order valence-electron chi connectivity index (χ3n) is 6.38. The molecule has 1 saturated heterocycles. The first-order chi connectivity index (χ1) is 14.8. The van der Waals surface area contributed by atoms with Crippen molar-refractivity contribution in [3.8, 4) is 0 Å². The Labute approximate surface area is 177 Å². The zero-order chi connectivity index (χ0) is 20.4. The Balaban J connectivity index is 1.63. The summed E-state index contributed by atoms with van der Waals surface area (Å²) in [7, 11) is 0. The van der Waals surface area contributed by atoms with E-state index in [4.69, 9.17) is 0 Å². The average molecular weight is 399 g/mol. The lowest BCUT2D eigenvalue weighted by Gasteiger charge is -2.37. The van der Waals surface area contributed by atoms with Crippen LogP contribution in [0.5, 0.6) is 0 Å². The van der Waals surface area contributed by atoms with E-state index in [9.17, 15) is 4.79 Å². The highest BCUT2D eigenvalue weighted by atomic mass is 16.2. The van der Waals surface area contributed by atoms with Crippen LogP contribution in [-0.4, -0.2) is 34.0 Å². The van der Waals surface area contributed by atoms with Gasteiger partial charge < -0.3 is 0 Å². The molecule has 4 heterocycles. The third-order valence-corrected chi connectivity index (χ3v) is 6.38. The maximum absolute atomic E-state index is 14.2. The number of pyridine rings is 2. The molecular formula is C25H26N4O. The Morgan fingerprint density at radius 2 is 1.33 bits per heavy atom. The highest BCUT2D eigenvalue weighted by Gasteiger charge is 2.52. The topological polar surface area (TPSA) is 49.3 Å². The molecule has 5 nitrogen and oxygen atoms in total. The fourth-order valence-corrected chi connectivity index (χ4v) is 4.95. The molecule has 0 atom stereocenters. The Morgan fingerprint density at radius 3 is 1.93 bits per heavy atom. The van der Waals surface area contributed by atoms with Crippen molar-refractivity contribution >= 4 is 11.6 Å². The lowest BCUT2D eigenvalue weighted by atomic mass is 9.72. The third kappa shape index (κ3) is 3.29. The molecule has 0 N–H and O–H groups in total. The summed E-state index contributed by atoms with van der Waals surface area (Å²) in [5.74, 6) is 0.180. The van der Waals surface area contributed by atoms with Crippen LogP contribution in [0, 0.1) is 0 Å². The molecule has 2 aliphatic heterocycles. The van der Waals surface area contributed by atoms with Crippen molar-refractivity contribution in [3.05, 3.63) is 90.0 Å². The number of carbonyl (C=O) groups is 1. The second-order valence-corrected chi connectivity index (χ2v) is 8.30. The summed E-state index contributed by atoms with van der Waals surface area (Å²) >= 11 is 0. The standard InChI is InChI=1S/C25H26N4O/c30-24-25(18-20-8-12-26-13-9-20,19-21-10-14-27-15-11-21)22-6-2-3-7-23(22)29(24)28-16-4-1-5-17-28/h2-3,6-15H,1,4-5,16-19H2. The fraction of sp³-hybridized carbons (Fsp3) is 0.320. The van der Waals surface area contributed by atoms with Crippen molar-refractivity contribution in [2.24, 2.45) is 0 Å². The van der Waals surface area contributed by atoms with E-state index >= 15 is 0 Å². The fourth-order valence-electron chi connectivity index (χ4n) is 4.95. The molecule has 2 aromatic heterocycles. The van der Waals surface area contributed by atoms with Crippen LogP contribution < -0.4 is 5.01 Å². The molecule has 0 spiro atoms. The summed E-state index contributed by atoms with van der Waals surface area (Å²) in [6, 6.07) is 16.4. The maximum atomic E-state index is 14.2. The Hall–Kier alpha value is -3.05. The lowest BCUT2D eigenvalue weighted by molar-refractivity contribution is -0.126. The number of benzene rings is 1. The van der Waals surface area contributed by atoms with Gasteiger partial charge in [-0.25, -0.2) is 10.0 Å². The van der Waals surface area contributed by atoms with Gasteiger partial charge in [-0.2, -0.15) is 0 Å². The lowest BCUT2D eigenvalue weighted by Crippen LogP contribution is -2.52. The number of hydrogen-bond acceptors (Lipinski definition) is 4. The second-order valence-electron chi connectivity index (χ2n) is 8.30. The van der Waals surface area contributed by atoms with Gasteiger partial charge in [0.25, 0.3) is 5.91 Å². The maximum Gasteiger partial charge on any atom is 0.252 e. The van der Waals surface area contributed by atoms with Crippen LogP contribution in [0.15, 0.2) is 73.3 Å². The minimum absolute atomic E-state index is 0.180. The summed E-state index contributed by atoms with van der Waals surface area (Å²) in [5.41, 5.74) is 3.77. The zero-order valence-electron chi connectivity index (χ0n) is 17.1. The van der Waals surface area contributed by atoms with Gasteiger partial charge in [0.2, 0.25) is 0 Å². The molecule has 1 amide bonds. The quantitative estimate of drug-likeness (QED) is 0.653. The number of hydrogen-bond donors (Lipinski definition) is 0. The van der Waals surface area contributed by atoms with Crippen LogP contribution in [0.1, 0.15) is 36.0 Å². The number of fused-ring (bicyclic) bond motifs is 1. The monoisotopic (exact) mass is 398 g/mol. The molecule has 0 unspecified atom stereocenters. The molecule has 0 bridgehead atoms. The summed E-state index contributed by atoms with van der Waals surface area (Å²) in [6.07, 6.45) is 12.0. The van der Waals surface area contributed by atoms with Gasteiger partial charge in [0.05, 0.1) is 11.1 Å². The average Bonchev–Trinajstić information content (AvgIpc) is 3.04. The minimum Gasteiger partial charge on any atom is -0.272 e. The van der Waals surface area contributed by atoms with Gasteiger partial charge >= 0.3 is 0 Å². The van der Waals surface area contributed by atoms with Gasteiger partial charge in [-0.3, -0.25) is 14.8 Å². The molecule has 0 aliphatic carbocycles. The molecular weight excluding hydrogens is 372 g/mol. The van der Waals surface area contributed by atoms with Crippen molar-refractivity contribution in [3.63, 3.8) is 0 Å². The van der Waals surface area contributed by atoms with Crippen molar-refractivity contribution in [2.45, 2.75) is 37.5 Å². The van der Waals surface area contributed by atoms with Gasteiger partial charge in [-0.1, -0.05) is 24.6 Å². The van der Waals surface area contributed by atoms with Crippen molar-refractivity contribution in [1.29, 1.82) is 0 Å².